The first-order valence-electron chi connectivity index (χ1n) is 6.03. The number of likely N-dealkylation sites (tertiary alicyclic amines) is 1. The van der Waals surface area contributed by atoms with Crippen LogP contribution in [0.1, 0.15) is 31.5 Å². The van der Waals surface area contributed by atoms with Gasteiger partial charge in [0, 0.05) is 25.6 Å². The molecule has 0 aliphatic carbocycles. The highest BCUT2D eigenvalue weighted by atomic mass is 35.5. The molecule has 1 aliphatic rings. The van der Waals surface area contributed by atoms with Crippen molar-refractivity contribution in [1.29, 1.82) is 0 Å². The summed E-state index contributed by atoms with van der Waals surface area (Å²) in [6.45, 7) is 5.12. The van der Waals surface area contributed by atoms with Crippen molar-refractivity contribution in [3.63, 3.8) is 0 Å². The predicted octanol–water partition coefficient (Wildman–Crippen LogP) is 1.24. The van der Waals surface area contributed by atoms with Gasteiger partial charge in [0.2, 0.25) is 5.89 Å². The number of halogens is 1. The molecular formula is C11H21ClN4O. The number of rotatable bonds is 5. The minimum absolute atomic E-state index is 0. The van der Waals surface area contributed by atoms with Crippen LogP contribution in [0.2, 0.25) is 0 Å². The van der Waals surface area contributed by atoms with E-state index in [1.165, 1.54) is 6.42 Å². The molecule has 6 heteroatoms. The molecule has 0 amide bonds. The largest absolute Gasteiger partial charge is 0.339 e. The first-order valence-corrected chi connectivity index (χ1v) is 6.03. The molecule has 1 fully saturated rings. The predicted molar refractivity (Wildman–Crippen MR) is 68.3 cm³/mol. The van der Waals surface area contributed by atoms with Crippen LogP contribution in [-0.2, 0) is 13.0 Å². The van der Waals surface area contributed by atoms with E-state index in [2.05, 4.69) is 27.3 Å². The lowest BCUT2D eigenvalue weighted by atomic mass is 10.3. The molecule has 1 unspecified atom stereocenters. The Kier molecular flexibility index (Phi) is 5.88. The van der Waals surface area contributed by atoms with Crippen molar-refractivity contribution in [3.05, 3.63) is 11.7 Å². The molecule has 0 bridgehead atoms. The second kappa shape index (κ2) is 6.93. The van der Waals surface area contributed by atoms with Crippen molar-refractivity contribution in [3.8, 4) is 0 Å². The van der Waals surface area contributed by atoms with E-state index < -0.39 is 0 Å². The van der Waals surface area contributed by atoms with Crippen LogP contribution in [0.3, 0.4) is 0 Å². The highest BCUT2D eigenvalue weighted by molar-refractivity contribution is 5.85. The van der Waals surface area contributed by atoms with Gasteiger partial charge < -0.3 is 9.84 Å². The van der Waals surface area contributed by atoms with E-state index in [0.29, 0.717) is 6.04 Å². The number of nitrogens with one attached hydrogen (secondary N) is 1. The van der Waals surface area contributed by atoms with Gasteiger partial charge in [0.1, 0.15) is 0 Å². The molecule has 1 aromatic heterocycles. The van der Waals surface area contributed by atoms with Crippen LogP contribution in [0.15, 0.2) is 4.52 Å². The molecule has 1 N–H and O–H groups in total. The smallest absolute Gasteiger partial charge is 0.226 e. The third kappa shape index (κ3) is 3.94. The Bertz CT molecular complexity index is 331. The van der Waals surface area contributed by atoms with Gasteiger partial charge in [0.05, 0.1) is 6.54 Å². The second-order valence-electron chi connectivity index (χ2n) is 4.36. The fraction of sp³-hybridized carbons (Fsp3) is 0.818. The monoisotopic (exact) mass is 260 g/mol. The van der Waals surface area contributed by atoms with Gasteiger partial charge in [-0.1, -0.05) is 12.1 Å². The highest BCUT2D eigenvalue weighted by Crippen LogP contribution is 2.12. The van der Waals surface area contributed by atoms with Gasteiger partial charge in [-0.05, 0) is 19.9 Å². The Balaban J connectivity index is 0.00000144. The molecule has 1 atom stereocenters. The maximum absolute atomic E-state index is 5.17. The van der Waals surface area contributed by atoms with E-state index in [1.54, 1.807) is 0 Å². The summed E-state index contributed by atoms with van der Waals surface area (Å²) in [5.41, 5.74) is 0. The molecule has 0 aromatic carbocycles. The molecule has 17 heavy (non-hydrogen) atoms. The Morgan fingerprint density at radius 2 is 2.35 bits per heavy atom. The fourth-order valence-corrected chi connectivity index (χ4v) is 2.08. The number of hydrogen-bond acceptors (Lipinski definition) is 5. The van der Waals surface area contributed by atoms with Crippen molar-refractivity contribution in [2.45, 2.75) is 38.8 Å². The molecule has 2 rings (SSSR count). The Morgan fingerprint density at radius 3 is 3.00 bits per heavy atom. The van der Waals surface area contributed by atoms with Crippen LogP contribution >= 0.6 is 12.4 Å². The summed E-state index contributed by atoms with van der Waals surface area (Å²) < 4.78 is 5.17. The molecule has 1 saturated heterocycles. The summed E-state index contributed by atoms with van der Waals surface area (Å²) in [5.74, 6) is 1.59. The average molecular weight is 261 g/mol. The topological polar surface area (TPSA) is 54.2 Å². The first kappa shape index (κ1) is 14.4. The lowest BCUT2D eigenvalue weighted by Crippen LogP contribution is -2.29. The number of aromatic nitrogens is 2. The summed E-state index contributed by atoms with van der Waals surface area (Å²) in [6.07, 6.45) is 3.13. The van der Waals surface area contributed by atoms with E-state index in [0.717, 1.165) is 44.2 Å². The molecule has 2 heterocycles. The summed E-state index contributed by atoms with van der Waals surface area (Å²) in [6, 6.07) is 0.613. The first-order chi connectivity index (χ1) is 7.81. The molecule has 0 radical (unpaired) electrons. The zero-order chi connectivity index (χ0) is 11.4. The number of nitrogens with zero attached hydrogens (tertiary/aromatic N) is 3. The Morgan fingerprint density at radius 1 is 1.53 bits per heavy atom. The maximum atomic E-state index is 5.17. The van der Waals surface area contributed by atoms with Crippen LogP contribution in [0.5, 0.6) is 0 Å². The summed E-state index contributed by atoms with van der Waals surface area (Å²) >= 11 is 0. The quantitative estimate of drug-likeness (QED) is 0.863. The van der Waals surface area contributed by atoms with Crippen LogP contribution in [0.25, 0.3) is 0 Å². The molecule has 0 saturated carbocycles. The second-order valence-corrected chi connectivity index (χ2v) is 4.36. The van der Waals surface area contributed by atoms with E-state index in [4.69, 9.17) is 4.52 Å². The van der Waals surface area contributed by atoms with Crippen molar-refractivity contribution in [2.75, 3.05) is 20.1 Å². The maximum Gasteiger partial charge on any atom is 0.226 e. The van der Waals surface area contributed by atoms with E-state index in [1.807, 2.05) is 7.05 Å². The fourth-order valence-electron chi connectivity index (χ4n) is 2.08. The SMILES string of the molecule is CCCc1nc(CN2CCC(NC)C2)no1.Cl. The summed E-state index contributed by atoms with van der Waals surface area (Å²) in [7, 11) is 2.02. The van der Waals surface area contributed by atoms with Crippen LogP contribution in [0.4, 0.5) is 0 Å². The van der Waals surface area contributed by atoms with Gasteiger partial charge in [-0.25, -0.2) is 0 Å². The number of hydrogen-bond donors (Lipinski definition) is 1. The average Bonchev–Trinajstić information content (AvgIpc) is 2.89. The Hall–Kier alpha value is -0.650. The third-order valence-electron chi connectivity index (χ3n) is 3.02. The van der Waals surface area contributed by atoms with Gasteiger partial charge in [-0.2, -0.15) is 4.98 Å². The minimum Gasteiger partial charge on any atom is -0.339 e. The van der Waals surface area contributed by atoms with Gasteiger partial charge in [0.15, 0.2) is 5.82 Å². The van der Waals surface area contributed by atoms with Gasteiger partial charge in [-0.15, -0.1) is 12.4 Å². The van der Waals surface area contributed by atoms with Crippen molar-refractivity contribution >= 4 is 12.4 Å². The van der Waals surface area contributed by atoms with Crippen LogP contribution in [-0.4, -0.2) is 41.2 Å². The third-order valence-corrected chi connectivity index (χ3v) is 3.02. The lowest BCUT2D eigenvalue weighted by molar-refractivity contribution is 0.302. The minimum atomic E-state index is 0. The molecule has 1 aliphatic heterocycles. The van der Waals surface area contributed by atoms with E-state index in [9.17, 15) is 0 Å². The summed E-state index contributed by atoms with van der Waals surface area (Å²) in [4.78, 5) is 6.74. The van der Waals surface area contributed by atoms with Crippen LogP contribution in [0, 0.1) is 0 Å². The number of likely N-dealkylation sites (N-methyl/N-ethyl adjacent to an activating group) is 1. The van der Waals surface area contributed by atoms with Gasteiger partial charge in [-0.3, -0.25) is 4.90 Å². The molecular weight excluding hydrogens is 240 g/mol. The number of aryl methyl sites for hydroxylation is 1. The van der Waals surface area contributed by atoms with Crippen molar-refractivity contribution < 1.29 is 4.52 Å². The van der Waals surface area contributed by atoms with Gasteiger partial charge in [0.25, 0.3) is 0 Å². The lowest BCUT2D eigenvalue weighted by Gasteiger charge is -2.12. The van der Waals surface area contributed by atoms with E-state index in [-0.39, 0.29) is 12.4 Å². The molecule has 5 nitrogen and oxygen atoms in total. The van der Waals surface area contributed by atoms with E-state index >= 15 is 0 Å². The Labute approximate surface area is 108 Å². The zero-order valence-electron chi connectivity index (χ0n) is 10.5. The summed E-state index contributed by atoms with van der Waals surface area (Å²) in [5, 5.41) is 7.30. The van der Waals surface area contributed by atoms with Crippen molar-refractivity contribution in [1.82, 2.24) is 20.4 Å². The zero-order valence-corrected chi connectivity index (χ0v) is 11.3. The molecule has 1 aromatic rings. The van der Waals surface area contributed by atoms with Crippen molar-refractivity contribution in [2.24, 2.45) is 0 Å². The van der Waals surface area contributed by atoms with Crippen LogP contribution < -0.4 is 5.32 Å². The molecule has 0 spiro atoms. The highest BCUT2D eigenvalue weighted by Gasteiger charge is 2.22. The molecule has 98 valence electrons. The normalized spacial score (nSPS) is 20.5. The standard InChI is InChI=1S/C11H20N4O.ClH/c1-3-4-11-13-10(14-16-11)8-15-6-5-9(7-15)12-2;/h9,12H,3-8H2,1-2H3;1H. The van der Waals surface area contributed by atoms with Gasteiger partial charge >= 0.3 is 0 Å².